The van der Waals surface area contributed by atoms with Gasteiger partial charge in [0.25, 0.3) is 5.91 Å². The maximum Gasteiger partial charge on any atom is 0.307 e. The van der Waals surface area contributed by atoms with Crippen LogP contribution in [0.1, 0.15) is 48.9 Å². The highest BCUT2D eigenvalue weighted by atomic mass is 35.5. The van der Waals surface area contributed by atoms with Gasteiger partial charge in [-0.2, -0.15) is 0 Å². The van der Waals surface area contributed by atoms with Crippen molar-refractivity contribution in [1.82, 2.24) is 5.32 Å². The molecular formula is C16H19ClFNO3. The quantitative estimate of drug-likeness (QED) is 0.842. The molecule has 0 aromatic heterocycles. The van der Waals surface area contributed by atoms with Crippen molar-refractivity contribution >= 4 is 23.5 Å². The molecule has 0 heterocycles. The average Bonchev–Trinajstić information content (AvgIpc) is 2.48. The van der Waals surface area contributed by atoms with Gasteiger partial charge in [-0.1, -0.05) is 18.0 Å². The molecule has 0 atom stereocenters. The topological polar surface area (TPSA) is 55.4 Å². The predicted octanol–water partition coefficient (Wildman–Crippen LogP) is 3.47. The van der Waals surface area contributed by atoms with Crippen molar-refractivity contribution in [2.24, 2.45) is 0 Å². The highest BCUT2D eigenvalue weighted by molar-refractivity contribution is 6.30. The van der Waals surface area contributed by atoms with Crippen LogP contribution in [0.2, 0.25) is 5.02 Å². The largest absolute Gasteiger partial charge is 0.462 e. The molecule has 1 amide bonds. The summed E-state index contributed by atoms with van der Waals surface area (Å²) in [5, 5.41) is 2.73. The Labute approximate surface area is 134 Å². The first kappa shape index (κ1) is 16.7. The van der Waals surface area contributed by atoms with Gasteiger partial charge in [0, 0.05) is 11.6 Å². The Morgan fingerprint density at radius 3 is 2.68 bits per heavy atom. The smallest absolute Gasteiger partial charge is 0.307 e. The molecule has 120 valence electrons. The molecular weight excluding hydrogens is 309 g/mol. The van der Waals surface area contributed by atoms with Gasteiger partial charge >= 0.3 is 5.97 Å². The molecule has 0 bridgehead atoms. The Balaban J connectivity index is 1.73. The Morgan fingerprint density at radius 2 is 2.00 bits per heavy atom. The van der Waals surface area contributed by atoms with Crippen LogP contribution in [0, 0.1) is 5.82 Å². The van der Waals surface area contributed by atoms with E-state index >= 15 is 0 Å². The van der Waals surface area contributed by atoms with Gasteiger partial charge in [0.05, 0.1) is 12.0 Å². The molecule has 1 fully saturated rings. The van der Waals surface area contributed by atoms with Gasteiger partial charge in [-0.3, -0.25) is 9.59 Å². The number of rotatable bonds is 5. The second-order valence-electron chi connectivity index (χ2n) is 5.38. The van der Waals surface area contributed by atoms with Crippen molar-refractivity contribution < 1.29 is 18.7 Å². The van der Waals surface area contributed by atoms with Crippen molar-refractivity contribution in [3.05, 3.63) is 34.6 Å². The summed E-state index contributed by atoms with van der Waals surface area (Å²) in [4.78, 5) is 23.5. The molecule has 0 spiro atoms. The molecule has 6 heteroatoms. The normalized spacial score (nSPS) is 15.4. The van der Waals surface area contributed by atoms with Crippen LogP contribution in [0.3, 0.4) is 0 Å². The minimum Gasteiger partial charge on any atom is -0.462 e. The minimum absolute atomic E-state index is 0.00524. The van der Waals surface area contributed by atoms with Crippen LogP contribution in [0.25, 0.3) is 0 Å². The SMILES string of the molecule is O=C(CCNC(=O)c1ccc(Cl)cc1F)OC1CCCCC1. The average molecular weight is 328 g/mol. The van der Waals surface area contributed by atoms with Crippen LogP contribution in [0.4, 0.5) is 4.39 Å². The molecule has 1 aliphatic rings. The van der Waals surface area contributed by atoms with Crippen molar-refractivity contribution in [3.63, 3.8) is 0 Å². The molecule has 1 saturated carbocycles. The molecule has 0 aliphatic heterocycles. The predicted molar refractivity (Wildman–Crippen MR) is 81.3 cm³/mol. The first-order valence-corrected chi connectivity index (χ1v) is 7.87. The second-order valence-corrected chi connectivity index (χ2v) is 5.82. The van der Waals surface area contributed by atoms with E-state index in [1.807, 2.05) is 0 Å². The first-order valence-electron chi connectivity index (χ1n) is 7.49. The van der Waals surface area contributed by atoms with Gasteiger partial charge in [-0.05, 0) is 43.9 Å². The molecule has 0 saturated heterocycles. The lowest BCUT2D eigenvalue weighted by molar-refractivity contribution is -0.150. The Kier molecular flexibility index (Phi) is 6.19. The number of amides is 1. The minimum atomic E-state index is -0.685. The van der Waals surface area contributed by atoms with Crippen molar-refractivity contribution in [2.45, 2.75) is 44.6 Å². The highest BCUT2D eigenvalue weighted by Crippen LogP contribution is 2.20. The van der Waals surface area contributed by atoms with Crippen LogP contribution >= 0.6 is 11.6 Å². The number of esters is 1. The Morgan fingerprint density at radius 1 is 1.27 bits per heavy atom. The van der Waals surface area contributed by atoms with Crippen LogP contribution in [-0.4, -0.2) is 24.5 Å². The van der Waals surface area contributed by atoms with Gasteiger partial charge in [0.2, 0.25) is 0 Å². The van der Waals surface area contributed by atoms with E-state index in [0.717, 1.165) is 31.7 Å². The first-order chi connectivity index (χ1) is 10.6. The summed E-state index contributed by atoms with van der Waals surface area (Å²) in [6.45, 7) is 0.118. The fourth-order valence-electron chi connectivity index (χ4n) is 2.47. The second kappa shape index (κ2) is 8.13. The number of ether oxygens (including phenoxy) is 1. The van der Waals surface area contributed by atoms with Gasteiger partial charge in [-0.15, -0.1) is 0 Å². The zero-order valence-electron chi connectivity index (χ0n) is 12.2. The molecule has 1 N–H and O–H groups in total. The zero-order valence-corrected chi connectivity index (χ0v) is 13.0. The number of benzene rings is 1. The van der Waals surface area contributed by atoms with Crippen LogP contribution in [0.5, 0.6) is 0 Å². The third-order valence-electron chi connectivity index (χ3n) is 3.64. The maximum absolute atomic E-state index is 13.6. The van der Waals surface area contributed by atoms with E-state index in [4.69, 9.17) is 16.3 Å². The molecule has 0 radical (unpaired) electrons. The summed E-state index contributed by atoms with van der Waals surface area (Å²) >= 11 is 5.63. The summed E-state index contributed by atoms with van der Waals surface area (Å²) in [5.41, 5.74) is -0.0925. The lowest BCUT2D eigenvalue weighted by atomic mass is 9.98. The summed E-state index contributed by atoms with van der Waals surface area (Å²) in [6.07, 6.45) is 5.27. The van der Waals surface area contributed by atoms with Gasteiger partial charge in [-0.25, -0.2) is 4.39 Å². The summed E-state index contributed by atoms with van der Waals surface area (Å²) in [6, 6.07) is 3.83. The van der Waals surface area contributed by atoms with E-state index in [-0.39, 0.29) is 35.6 Å². The third-order valence-corrected chi connectivity index (χ3v) is 3.88. The summed E-state index contributed by atoms with van der Waals surface area (Å²) in [7, 11) is 0. The number of halogens is 2. The van der Waals surface area contributed by atoms with Crippen LogP contribution < -0.4 is 5.32 Å². The van der Waals surface area contributed by atoms with Crippen molar-refractivity contribution in [1.29, 1.82) is 0 Å². The standard InChI is InChI=1S/C16H19ClFNO3/c17-11-6-7-13(14(18)10-11)16(21)19-9-8-15(20)22-12-4-2-1-3-5-12/h6-7,10,12H,1-5,8-9H2,(H,19,21). The number of nitrogens with one attached hydrogen (secondary N) is 1. The zero-order chi connectivity index (χ0) is 15.9. The highest BCUT2D eigenvalue weighted by Gasteiger charge is 2.18. The van der Waals surface area contributed by atoms with E-state index in [1.54, 1.807) is 0 Å². The van der Waals surface area contributed by atoms with Gasteiger partial charge in [0.1, 0.15) is 11.9 Å². The van der Waals surface area contributed by atoms with E-state index in [2.05, 4.69) is 5.32 Å². The summed E-state index contributed by atoms with van der Waals surface area (Å²) < 4.78 is 18.9. The maximum atomic E-state index is 13.6. The molecule has 1 aromatic rings. The van der Waals surface area contributed by atoms with E-state index in [9.17, 15) is 14.0 Å². The number of hydrogen-bond donors (Lipinski definition) is 1. The van der Waals surface area contributed by atoms with Gasteiger partial charge in [0.15, 0.2) is 0 Å². The third kappa shape index (κ3) is 4.98. The lowest BCUT2D eigenvalue weighted by Gasteiger charge is -2.21. The van der Waals surface area contributed by atoms with Crippen LogP contribution in [0.15, 0.2) is 18.2 Å². The van der Waals surface area contributed by atoms with Crippen LogP contribution in [-0.2, 0) is 9.53 Å². The fraction of sp³-hybridized carbons (Fsp3) is 0.500. The number of carbonyl (C=O) groups excluding carboxylic acids is 2. The van der Waals surface area contributed by atoms with E-state index in [1.165, 1.54) is 18.6 Å². The fourth-order valence-corrected chi connectivity index (χ4v) is 2.63. The molecule has 22 heavy (non-hydrogen) atoms. The van der Waals surface area contributed by atoms with Crippen molar-refractivity contribution in [3.8, 4) is 0 Å². The van der Waals surface area contributed by atoms with Gasteiger partial charge < -0.3 is 10.1 Å². The Hall–Kier alpha value is -1.62. The number of carbonyl (C=O) groups is 2. The van der Waals surface area contributed by atoms with E-state index in [0.29, 0.717) is 0 Å². The monoisotopic (exact) mass is 327 g/mol. The lowest BCUT2D eigenvalue weighted by Crippen LogP contribution is -2.28. The molecule has 1 aliphatic carbocycles. The summed E-state index contributed by atoms with van der Waals surface area (Å²) in [5.74, 6) is -1.59. The number of hydrogen-bond acceptors (Lipinski definition) is 3. The molecule has 0 unspecified atom stereocenters. The molecule has 1 aromatic carbocycles. The molecule has 4 nitrogen and oxygen atoms in total. The Bertz CT molecular complexity index is 544. The van der Waals surface area contributed by atoms with Crippen molar-refractivity contribution in [2.75, 3.05) is 6.54 Å². The van der Waals surface area contributed by atoms with E-state index < -0.39 is 11.7 Å². The molecule has 2 rings (SSSR count).